The molecule has 0 aliphatic carbocycles. The SMILES string of the molecule is Cc1ccc(C(C)N)c(OCC(=O)OC(C)C)c1. The summed E-state index contributed by atoms with van der Waals surface area (Å²) >= 11 is 0. The summed E-state index contributed by atoms with van der Waals surface area (Å²) in [6, 6.07) is 5.63. The van der Waals surface area contributed by atoms with Crippen molar-refractivity contribution in [1.82, 2.24) is 0 Å². The first-order valence-corrected chi connectivity index (χ1v) is 6.08. The van der Waals surface area contributed by atoms with E-state index in [0.29, 0.717) is 5.75 Å². The highest BCUT2D eigenvalue weighted by Crippen LogP contribution is 2.25. The van der Waals surface area contributed by atoms with Crippen molar-refractivity contribution in [2.75, 3.05) is 6.61 Å². The van der Waals surface area contributed by atoms with Gasteiger partial charge in [0.1, 0.15) is 5.75 Å². The van der Waals surface area contributed by atoms with E-state index < -0.39 is 0 Å². The van der Waals surface area contributed by atoms with Gasteiger partial charge in [0, 0.05) is 11.6 Å². The summed E-state index contributed by atoms with van der Waals surface area (Å²) in [6.45, 7) is 7.35. The molecule has 100 valence electrons. The van der Waals surface area contributed by atoms with Gasteiger partial charge in [-0.2, -0.15) is 0 Å². The molecule has 0 aromatic heterocycles. The van der Waals surface area contributed by atoms with E-state index >= 15 is 0 Å². The molecule has 2 N–H and O–H groups in total. The molecule has 1 aromatic carbocycles. The molecule has 1 rings (SSSR count). The van der Waals surface area contributed by atoms with Crippen molar-refractivity contribution in [3.8, 4) is 5.75 Å². The van der Waals surface area contributed by atoms with Gasteiger partial charge in [0.2, 0.25) is 0 Å². The standard InChI is InChI=1S/C14H21NO3/c1-9(2)18-14(16)8-17-13-7-10(3)5-6-12(13)11(4)15/h5-7,9,11H,8,15H2,1-4H3. The Balaban J connectivity index is 2.71. The number of nitrogens with two attached hydrogens (primary N) is 1. The van der Waals surface area contributed by atoms with Gasteiger partial charge in [-0.1, -0.05) is 12.1 Å². The topological polar surface area (TPSA) is 61.5 Å². The van der Waals surface area contributed by atoms with E-state index in [0.717, 1.165) is 11.1 Å². The van der Waals surface area contributed by atoms with Crippen LogP contribution in [-0.2, 0) is 9.53 Å². The molecule has 0 spiro atoms. The van der Waals surface area contributed by atoms with Gasteiger partial charge in [0.25, 0.3) is 0 Å². The van der Waals surface area contributed by atoms with Crippen LogP contribution in [0.2, 0.25) is 0 Å². The van der Waals surface area contributed by atoms with Crippen LogP contribution in [0, 0.1) is 6.92 Å². The van der Waals surface area contributed by atoms with Gasteiger partial charge >= 0.3 is 5.97 Å². The molecule has 0 saturated carbocycles. The monoisotopic (exact) mass is 251 g/mol. The minimum absolute atomic E-state index is 0.0959. The van der Waals surface area contributed by atoms with Crippen molar-refractivity contribution in [2.24, 2.45) is 5.73 Å². The molecule has 18 heavy (non-hydrogen) atoms. The Bertz CT molecular complexity index is 414. The number of hydrogen-bond donors (Lipinski definition) is 1. The third kappa shape index (κ3) is 4.37. The fraction of sp³-hybridized carbons (Fsp3) is 0.500. The summed E-state index contributed by atoms with van der Waals surface area (Å²) < 4.78 is 10.5. The van der Waals surface area contributed by atoms with Crippen LogP contribution >= 0.6 is 0 Å². The predicted molar refractivity (Wildman–Crippen MR) is 70.5 cm³/mol. The Labute approximate surface area is 108 Å². The largest absolute Gasteiger partial charge is 0.482 e. The highest BCUT2D eigenvalue weighted by atomic mass is 16.6. The number of carbonyl (C=O) groups is 1. The highest BCUT2D eigenvalue weighted by Gasteiger charge is 2.11. The first kappa shape index (κ1) is 14.5. The van der Waals surface area contributed by atoms with E-state index in [1.807, 2.05) is 32.0 Å². The highest BCUT2D eigenvalue weighted by molar-refractivity contribution is 5.71. The van der Waals surface area contributed by atoms with Crippen LogP contribution in [0.15, 0.2) is 18.2 Å². The third-order valence-corrected chi connectivity index (χ3v) is 2.37. The van der Waals surface area contributed by atoms with E-state index in [2.05, 4.69) is 0 Å². The van der Waals surface area contributed by atoms with Crippen LogP contribution in [-0.4, -0.2) is 18.7 Å². The summed E-state index contributed by atoms with van der Waals surface area (Å²) in [5.41, 5.74) is 7.80. The molecule has 0 radical (unpaired) electrons. The van der Waals surface area contributed by atoms with Gasteiger partial charge in [-0.15, -0.1) is 0 Å². The van der Waals surface area contributed by atoms with Gasteiger partial charge in [-0.25, -0.2) is 4.79 Å². The molecule has 0 aliphatic rings. The fourth-order valence-electron chi connectivity index (χ4n) is 1.58. The van der Waals surface area contributed by atoms with Crippen LogP contribution in [0.1, 0.15) is 37.9 Å². The van der Waals surface area contributed by atoms with Gasteiger partial charge in [-0.05, 0) is 39.3 Å². The molecule has 0 saturated heterocycles. The van der Waals surface area contributed by atoms with Crippen LogP contribution in [0.5, 0.6) is 5.75 Å². The zero-order valence-electron chi connectivity index (χ0n) is 11.4. The van der Waals surface area contributed by atoms with E-state index in [-0.39, 0.29) is 24.7 Å². The molecule has 0 heterocycles. The molecule has 1 aromatic rings. The van der Waals surface area contributed by atoms with Crippen molar-refractivity contribution in [3.05, 3.63) is 29.3 Å². The third-order valence-electron chi connectivity index (χ3n) is 2.37. The zero-order valence-corrected chi connectivity index (χ0v) is 11.4. The second-order valence-electron chi connectivity index (χ2n) is 4.66. The molecule has 0 aliphatic heterocycles. The molecule has 0 fully saturated rings. The lowest BCUT2D eigenvalue weighted by Crippen LogP contribution is -2.19. The summed E-state index contributed by atoms with van der Waals surface area (Å²) in [5, 5.41) is 0. The van der Waals surface area contributed by atoms with Crippen molar-refractivity contribution < 1.29 is 14.3 Å². The first-order chi connectivity index (χ1) is 8.40. The minimum atomic E-state index is -0.373. The Morgan fingerprint density at radius 2 is 2.00 bits per heavy atom. The summed E-state index contributed by atoms with van der Waals surface area (Å²) in [6.07, 6.45) is -0.133. The van der Waals surface area contributed by atoms with Crippen LogP contribution in [0.25, 0.3) is 0 Å². The Morgan fingerprint density at radius 3 is 2.56 bits per heavy atom. The molecule has 0 bridgehead atoms. The molecule has 4 heteroatoms. The number of carbonyl (C=O) groups excluding carboxylic acids is 1. The lowest BCUT2D eigenvalue weighted by atomic mass is 10.1. The fourth-order valence-corrected chi connectivity index (χ4v) is 1.58. The van der Waals surface area contributed by atoms with Gasteiger partial charge in [0.05, 0.1) is 6.10 Å². The molecular weight excluding hydrogens is 230 g/mol. The van der Waals surface area contributed by atoms with E-state index in [1.165, 1.54) is 0 Å². The smallest absolute Gasteiger partial charge is 0.344 e. The molecule has 4 nitrogen and oxygen atoms in total. The average molecular weight is 251 g/mol. The van der Waals surface area contributed by atoms with Crippen LogP contribution in [0.3, 0.4) is 0 Å². The van der Waals surface area contributed by atoms with E-state index in [9.17, 15) is 4.79 Å². The van der Waals surface area contributed by atoms with Crippen molar-refractivity contribution in [3.63, 3.8) is 0 Å². The number of aryl methyl sites for hydroxylation is 1. The molecule has 1 atom stereocenters. The van der Waals surface area contributed by atoms with Gasteiger partial charge in [-0.3, -0.25) is 0 Å². The maximum atomic E-state index is 11.4. The number of rotatable bonds is 5. The second-order valence-corrected chi connectivity index (χ2v) is 4.66. The lowest BCUT2D eigenvalue weighted by molar-refractivity contribution is -0.149. The number of ether oxygens (including phenoxy) is 2. The van der Waals surface area contributed by atoms with Crippen molar-refractivity contribution >= 4 is 5.97 Å². The number of hydrogen-bond acceptors (Lipinski definition) is 4. The number of esters is 1. The van der Waals surface area contributed by atoms with Crippen LogP contribution < -0.4 is 10.5 Å². The van der Waals surface area contributed by atoms with Gasteiger partial charge < -0.3 is 15.2 Å². The van der Waals surface area contributed by atoms with E-state index in [1.54, 1.807) is 13.8 Å². The van der Waals surface area contributed by atoms with E-state index in [4.69, 9.17) is 15.2 Å². The Kier molecular flexibility index (Phi) is 5.16. The summed E-state index contributed by atoms with van der Waals surface area (Å²) in [5.74, 6) is 0.271. The van der Waals surface area contributed by atoms with Crippen LogP contribution in [0.4, 0.5) is 0 Å². The zero-order chi connectivity index (χ0) is 13.7. The van der Waals surface area contributed by atoms with Crippen molar-refractivity contribution in [2.45, 2.75) is 39.8 Å². The number of benzene rings is 1. The average Bonchev–Trinajstić information content (AvgIpc) is 2.25. The predicted octanol–water partition coefficient (Wildman–Crippen LogP) is 2.35. The Hall–Kier alpha value is -1.55. The quantitative estimate of drug-likeness (QED) is 0.816. The van der Waals surface area contributed by atoms with Crippen molar-refractivity contribution in [1.29, 1.82) is 0 Å². The molecule has 1 unspecified atom stereocenters. The minimum Gasteiger partial charge on any atom is -0.482 e. The second kappa shape index (κ2) is 6.40. The maximum Gasteiger partial charge on any atom is 0.344 e. The molecule has 0 amide bonds. The summed E-state index contributed by atoms with van der Waals surface area (Å²) in [7, 11) is 0. The Morgan fingerprint density at radius 1 is 1.33 bits per heavy atom. The normalized spacial score (nSPS) is 12.3. The first-order valence-electron chi connectivity index (χ1n) is 6.08. The van der Waals surface area contributed by atoms with Gasteiger partial charge in [0.15, 0.2) is 6.61 Å². The maximum absolute atomic E-state index is 11.4. The lowest BCUT2D eigenvalue weighted by Gasteiger charge is -2.15. The summed E-state index contributed by atoms with van der Waals surface area (Å²) in [4.78, 5) is 11.4. The molecular formula is C14H21NO3.